The Morgan fingerprint density at radius 3 is 2.56 bits per heavy atom. The Hall–Kier alpha value is -4.01. The van der Waals surface area contributed by atoms with E-state index in [1.807, 2.05) is 0 Å². The largest absolute Gasteiger partial charge is 0.506 e. The molecule has 3 aromatic heterocycles. The number of hydrogen-bond donors (Lipinski definition) is 3. The molecule has 27 heavy (non-hydrogen) atoms. The van der Waals surface area contributed by atoms with Crippen molar-refractivity contribution >= 4 is 22.3 Å². The van der Waals surface area contributed by atoms with Crippen LogP contribution in [0.1, 0.15) is 0 Å². The fourth-order valence-electron chi connectivity index (χ4n) is 2.85. The maximum Gasteiger partial charge on any atom is 0.292 e. The Balaban J connectivity index is 1.95. The molecule has 9 heteroatoms. The van der Waals surface area contributed by atoms with E-state index < -0.39 is 11.1 Å². The number of hydrogen-bond acceptors (Lipinski definition) is 6. The number of benzene rings is 1. The van der Waals surface area contributed by atoms with Crippen molar-refractivity contribution in [3.05, 3.63) is 69.5 Å². The van der Waals surface area contributed by atoms with Crippen LogP contribution < -0.4 is 11.1 Å². The van der Waals surface area contributed by atoms with Gasteiger partial charge in [0.05, 0.1) is 11.2 Å². The van der Waals surface area contributed by atoms with Crippen LogP contribution in [-0.2, 0) is 7.05 Å². The highest BCUT2D eigenvalue weighted by atomic mass is 16.3. The average Bonchev–Trinajstić information content (AvgIpc) is 3.06. The van der Waals surface area contributed by atoms with Crippen LogP contribution >= 0.6 is 0 Å². The fraction of sp³-hybridized carbons (Fsp3) is 0.0556. The highest BCUT2D eigenvalue weighted by Crippen LogP contribution is 2.35. The van der Waals surface area contributed by atoms with Crippen molar-refractivity contribution < 1.29 is 5.11 Å². The smallest absolute Gasteiger partial charge is 0.292 e. The number of pyridine rings is 2. The molecule has 0 fully saturated rings. The Labute approximate surface area is 151 Å². The Morgan fingerprint density at radius 1 is 1.04 bits per heavy atom. The third kappa shape index (κ3) is 2.71. The second-order valence-electron chi connectivity index (χ2n) is 5.81. The van der Waals surface area contributed by atoms with Crippen molar-refractivity contribution in [1.82, 2.24) is 19.7 Å². The molecule has 9 nitrogen and oxygen atoms in total. The lowest BCUT2D eigenvalue weighted by Gasteiger charge is -2.10. The molecule has 0 amide bonds. The number of aryl methyl sites for hydroxylation is 1. The molecule has 0 saturated heterocycles. The second kappa shape index (κ2) is 6.37. The summed E-state index contributed by atoms with van der Waals surface area (Å²) in [5.74, 6) is -0.232. The number of aromatic hydroxyl groups is 1. The van der Waals surface area contributed by atoms with Gasteiger partial charge in [-0.05, 0) is 24.3 Å². The zero-order valence-electron chi connectivity index (χ0n) is 14.2. The average molecular weight is 362 g/mol. The lowest BCUT2D eigenvalue weighted by molar-refractivity contribution is 0.481. The topological polar surface area (TPSA) is 128 Å². The van der Waals surface area contributed by atoms with Crippen molar-refractivity contribution in [3.63, 3.8) is 0 Å². The molecule has 1 aromatic carbocycles. The number of fused-ring (bicyclic) bond motifs is 1. The molecule has 0 unspecified atom stereocenters. The molecule has 4 rings (SSSR count). The standard InChI is InChI=1S/C18H14N6O3/c1-24-12-5-3-2-4-11(12)16(25)13(18(24)27)14-15(17(26)23-21-14)22-20-10-6-8-19-9-7-10/h2-9,25H,1H3,(H2,21,23,26). The summed E-state index contributed by atoms with van der Waals surface area (Å²) >= 11 is 0. The zero-order chi connectivity index (χ0) is 19.0. The number of aromatic amines is 2. The Kier molecular flexibility index (Phi) is 3.88. The molecule has 0 saturated carbocycles. The summed E-state index contributed by atoms with van der Waals surface area (Å²) < 4.78 is 1.40. The molecule has 3 N–H and O–H groups in total. The molecular formula is C18H14N6O3. The third-order valence-electron chi connectivity index (χ3n) is 4.21. The summed E-state index contributed by atoms with van der Waals surface area (Å²) in [5, 5.41) is 24.2. The highest BCUT2D eigenvalue weighted by molar-refractivity contribution is 5.93. The second-order valence-corrected chi connectivity index (χ2v) is 5.81. The van der Waals surface area contributed by atoms with Gasteiger partial charge in [-0.25, -0.2) is 0 Å². The van der Waals surface area contributed by atoms with Crippen LogP contribution in [-0.4, -0.2) is 24.9 Å². The van der Waals surface area contributed by atoms with Gasteiger partial charge in [0.15, 0.2) is 5.69 Å². The molecule has 0 radical (unpaired) electrons. The fourth-order valence-corrected chi connectivity index (χ4v) is 2.85. The van der Waals surface area contributed by atoms with Crippen molar-refractivity contribution in [2.24, 2.45) is 17.3 Å². The molecule has 0 spiro atoms. The molecule has 4 aromatic rings. The van der Waals surface area contributed by atoms with Crippen LogP contribution in [0.4, 0.5) is 11.4 Å². The van der Waals surface area contributed by atoms with Crippen LogP contribution in [0.3, 0.4) is 0 Å². The van der Waals surface area contributed by atoms with Crippen molar-refractivity contribution in [3.8, 4) is 17.0 Å². The van der Waals surface area contributed by atoms with Gasteiger partial charge in [-0.1, -0.05) is 12.1 Å². The number of aromatic nitrogens is 4. The molecule has 0 aliphatic heterocycles. The van der Waals surface area contributed by atoms with Crippen molar-refractivity contribution in [2.45, 2.75) is 0 Å². The van der Waals surface area contributed by atoms with E-state index in [2.05, 4.69) is 25.4 Å². The summed E-state index contributed by atoms with van der Waals surface area (Å²) in [5.41, 5.74) is -0.0533. The third-order valence-corrected chi connectivity index (χ3v) is 4.21. The van der Waals surface area contributed by atoms with Gasteiger partial charge < -0.3 is 9.67 Å². The first-order valence-electron chi connectivity index (χ1n) is 8.01. The normalized spacial score (nSPS) is 11.4. The molecule has 0 atom stereocenters. The van der Waals surface area contributed by atoms with E-state index in [0.29, 0.717) is 16.6 Å². The molecule has 0 bridgehead atoms. The lowest BCUT2D eigenvalue weighted by atomic mass is 10.1. The molecule has 134 valence electrons. The molecule has 3 heterocycles. The van der Waals surface area contributed by atoms with Crippen LogP contribution in [0.5, 0.6) is 5.75 Å². The van der Waals surface area contributed by atoms with Crippen LogP contribution in [0.2, 0.25) is 0 Å². The Bertz CT molecular complexity index is 1280. The van der Waals surface area contributed by atoms with Gasteiger partial charge in [0.2, 0.25) is 0 Å². The number of rotatable bonds is 3. The van der Waals surface area contributed by atoms with Gasteiger partial charge in [0.25, 0.3) is 11.1 Å². The first-order chi connectivity index (χ1) is 13.1. The van der Waals surface area contributed by atoms with E-state index in [4.69, 9.17) is 0 Å². The number of nitrogens with one attached hydrogen (secondary N) is 2. The summed E-state index contributed by atoms with van der Waals surface area (Å²) in [4.78, 5) is 28.9. The first kappa shape index (κ1) is 16.5. The predicted molar refractivity (Wildman–Crippen MR) is 99.7 cm³/mol. The lowest BCUT2D eigenvalue weighted by Crippen LogP contribution is -2.19. The zero-order valence-corrected chi connectivity index (χ0v) is 14.2. The van der Waals surface area contributed by atoms with Gasteiger partial charge in [0, 0.05) is 24.8 Å². The number of para-hydroxylation sites is 1. The molecular weight excluding hydrogens is 348 g/mol. The quantitative estimate of drug-likeness (QED) is 0.484. The predicted octanol–water partition coefficient (Wildman–Crippen LogP) is 2.74. The number of azo groups is 1. The summed E-state index contributed by atoms with van der Waals surface area (Å²) in [6, 6.07) is 10.2. The van der Waals surface area contributed by atoms with Crippen LogP contribution in [0.25, 0.3) is 22.2 Å². The van der Waals surface area contributed by atoms with Crippen molar-refractivity contribution in [2.75, 3.05) is 0 Å². The maximum atomic E-state index is 12.8. The van der Waals surface area contributed by atoms with E-state index in [0.717, 1.165) is 0 Å². The number of nitrogens with zero attached hydrogens (tertiary/aromatic N) is 4. The van der Waals surface area contributed by atoms with E-state index in [-0.39, 0.29) is 22.7 Å². The van der Waals surface area contributed by atoms with E-state index in [1.54, 1.807) is 55.8 Å². The summed E-state index contributed by atoms with van der Waals surface area (Å²) in [6.45, 7) is 0. The van der Waals surface area contributed by atoms with Gasteiger partial charge in [-0.15, -0.1) is 5.11 Å². The summed E-state index contributed by atoms with van der Waals surface area (Å²) in [7, 11) is 1.59. The van der Waals surface area contributed by atoms with Gasteiger partial charge in [-0.3, -0.25) is 24.8 Å². The minimum absolute atomic E-state index is 0.0572. The molecule has 0 aliphatic carbocycles. The maximum absolute atomic E-state index is 12.8. The van der Waals surface area contributed by atoms with Gasteiger partial charge in [0.1, 0.15) is 17.0 Å². The number of H-pyrrole nitrogens is 2. The monoisotopic (exact) mass is 362 g/mol. The SMILES string of the molecule is Cn1c(=O)c(-c2[nH][nH]c(=O)c2N=Nc2ccncc2)c(O)c2ccccc21. The first-order valence-corrected chi connectivity index (χ1v) is 8.01. The van der Waals surface area contributed by atoms with Crippen LogP contribution in [0.15, 0.2) is 68.6 Å². The van der Waals surface area contributed by atoms with Crippen LogP contribution in [0, 0.1) is 0 Å². The highest BCUT2D eigenvalue weighted by Gasteiger charge is 2.22. The van der Waals surface area contributed by atoms with E-state index in [1.165, 1.54) is 4.57 Å². The summed E-state index contributed by atoms with van der Waals surface area (Å²) in [6.07, 6.45) is 3.09. The Morgan fingerprint density at radius 2 is 1.78 bits per heavy atom. The van der Waals surface area contributed by atoms with Gasteiger partial charge in [-0.2, -0.15) is 5.11 Å². The van der Waals surface area contributed by atoms with Gasteiger partial charge >= 0.3 is 0 Å². The van der Waals surface area contributed by atoms with E-state index in [9.17, 15) is 14.7 Å². The van der Waals surface area contributed by atoms with Crippen molar-refractivity contribution in [1.29, 1.82) is 0 Å². The minimum atomic E-state index is -0.558. The van der Waals surface area contributed by atoms with E-state index >= 15 is 0 Å². The molecule has 0 aliphatic rings. The minimum Gasteiger partial charge on any atom is -0.506 e.